The van der Waals surface area contributed by atoms with Crippen molar-refractivity contribution in [3.63, 3.8) is 0 Å². The summed E-state index contributed by atoms with van der Waals surface area (Å²) in [4.78, 5) is 19.5. The highest BCUT2D eigenvalue weighted by molar-refractivity contribution is 5.95. The van der Waals surface area contributed by atoms with E-state index in [2.05, 4.69) is 21.3 Å². The molecule has 2 saturated heterocycles. The SMILES string of the molecule is COc1cc(OC)cc(C(=O)NC[C@@H]2CCC3(CCN(Cc4ccccn4)CC3)O2)c1. The molecule has 166 valence electrons. The van der Waals surface area contributed by atoms with Gasteiger partial charge in [0.25, 0.3) is 5.91 Å². The lowest BCUT2D eigenvalue weighted by atomic mass is 9.88. The minimum Gasteiger partial charge on any atom is -0.497 e. The number of amides is 1. The van der Waals surface area contributed by atoms with E-state index in [1.165, 1.54) is 0 Å². The van der Waals surface area contributed by atoms with Gasteiger partial charge in [-0.2, -0.15) is 0 Å². The number of rotatable bonds is 7. The summed E-state index contributed by atoms with van der Waals surface area (Å²) in [6, 6.07) is 11.2. The van der Waals surface area contributed by atoms with Gasteiger partial charge in [0.05, 0.1) is 31.6 Å². The van der Waals surface area contributed by atoms with Crippen LogP contribution in [0, 0.1) is 0 Å². The molecule has 2 fully saturated rings. The predicted octanol–water partition coefficient (Wildman–Crippen LogP) is 3.04. The van der Waals surface area contributed by atoms with Crippen molar-refractivity contribution in [1.29, 1.82) is 0 Å². The normalized spacial score (nSPS) is 20.5. The lowest BCUT2D eigenvalue weighted by molar-refractivity contribution is -0.0765. The molecular formula is C24H31N3O4. The van der Waals surface area contributed by atoms with Crippen molar-refractivity contribution in [3.8, 4) is 11.5 Å². The Morgan fingerprint density at radius 2 is 1.90 bits per heavy atom. The summed E-state index contributed by atoms with van der Waals surface area (Å²) in [5.74, 6) is 1.04. The summed E-state index contributed by atoms with van der Waals surface area (Å²) < 4.78 is 17.0. The number of carbonyl (C=O) groups excluding carboxylic acids is 1. The molecule has 3 heterocycles. The van der Waals surface area contributed by atoms with Gasteiger partial charge in [0.2, 0.25) is 0 Å². The van der Waals surface area contributed by atoms with Crippen LogP contribution in [0.3, 0.4) is 0 Å². The third-order valence-electron chi connectivity index (χ3n) is 6.32. The molecule has 0 unspecified atom stereocenters. The average Bonchev–Trinajstić information content (AvgIpc) is 3.22. The van der Waals surface area contributed by atoms with Gasteiger partial charge in [0, 0.05) is 44.0 Å². The van der Waals surface area contributed by atoms with E-state index in [1.807, 2.05) is 18.3 Å². The molecule has 0 saturated carbocycles. The van der Waals surface area contributed by atoms with Gasteiger partial charge in [-0.25, -0.2) is 0 Å². The van der Waals surface area contributed by atoms with Crippen LogP contribution >= 0.6 is 0 Å². The number of aromatic nitrogens is 1. The Labute approximate surface area is 183 Å². The largest absolute Gasteiger partial charge is 0.497 e. The third kappa shape index (κ3) is 5.35. The van der Waals surface area contributed by atoms with E-state index in [9.17, 15) is 4.79 Å². The van der Waals surface area contributed by atoms with E-state index in [0.29, 0.717) is 23.6 Å². The molecule has 0 radical (unpaired) electrons. The molecule has 1 aromatic heterocycles. The first kappa shape index (κ1) is 21.6. The fourth-order valence-electron chi connectivity index (χ4n) is 4.49. The standard InChI is InChI=1S/C24H31N3O4/c1-29-21-13-18(14-22(15-21)30-2)23(28)26-16-20-6-7-24(31-20)8-11-27(12-9-24)17-19-5-3-4-10-25-19/h3-5,10,13-15,20H,6-9,11-12,16-17H2,1-2H3,(H,26,28)/t20-/m0/s1. The Bertz CT molecular complexity index is 859. The van der Waals surface area contributed by atoms with Gasteiger partial charge in [-0.1, -0.05) is 6.07 Å². The second-order valence-electron chi connectivity index (χ2n) is 8.37. The van der Waals surface area contributed by atoms with Crippen molar-refractivity contribution in [1.82, 2.24) is 15.2 Å². The minimum atomic E-state index is -0.146. The van der Waals surface area contributed by atoms with Crippen LogP contribution in [0.4, 0.5) is 0 Å². The topological polar surface area (TPSA) is 72.9 Å². The number of nitrogens with zero attached hydrogens (tertiary/aromatic N) is 2. The number of pyridine rings is 1. The Hall–Kier alpha value is -2.64. The number of benzene rings is 1. The second-order valence-corrected chi connectivity index (χ2v) is 8.37. The first-order chi connectivity index (χ1) is 15.1. The number of hydrogen-bond donors (Lipinski definition) is 1. The first-order valence-corrected chi connectivity index (χ1v) is 10.9. The van der Waals surface area contributed by atoms with Crippen LogP contribution in [0.15, 0.2) is 42.6 Å². The maximum absolute atomic E-state index is 12.6. The quantitative estimate of drug-likeness (QED) is 0.735. The Balaban J connectivity index is 1.26. The fourth-order valence-corrected chi connectivity index (χ4v) is 4.49. The van der Waals surface area contributed by atoms with Crippen LogP contribution in [0.2, 0.25) is 0 Å². The summed E-state index contributed by atoms with van der Waals surface area (Å²) in [5, 5.41) is 3.01. The smallest absolute Gasteiger partial charge is 0.251 e. The van der Waals surface area contributed by atoms with E-state index in [4.69, 9.17) is 14.2 Å². The van der Waals surface area contributed by atoms with E-state index >= 15 is 0 Å². The molecule has 0 aliphatic carbocycles. The Morgan fingerprint density at radius 3 is 2.55 bits per heavy atom. The highest BCUT2D eigenvalue weighted by atomic mass is 16.5. The van der Waals surface area contributed by atoms with Gasteiger partial charge < -0.3 is 19.5 Å². The van der Waals surface area contributed by atoms with E-state index in [1.54, 1.807) is 32.4 Å². The number of carbonyl (C=O) groups is 1. The number of ether oxygens (including phenoxy) is 3. The molecule has 2 aliphatic rings. The molecule has 4 rings (SSSR count). The molecule has 1 atom stereocenters. The molecule has 7 nitrogen and oxygen atoms in total. The van der Waals surface area contributed by atoms with Crippen LogP contribution in [0.1, 0.15) is 41.7 Å². The molecule has 2 aromatic rings. The van der Waals surface area contributed by atoms with Crippen molar-refractivity contribution < 1.29 is 19.0 Å². The van der Waals surface area contributed by atoms with Crippen LogP contribution < -0.4 is 14.8 Å². The lowest BCUT2D eigenvalue weighted by Gasteiger charge is -2.39. The number of likely N-dealkylation sites (tertiary alicyclic amines) is 1. The zero-order valence-corrected chi connectivity index (χ0v) is 18.3. The van der Waals surface area contributed by atoms with Gasteiger partial charge in [-0.05, 0) is 49.9 Å². The monoisotopic (exact) mass is 425 g/mol. The molecule has 1 amide bonds. The zero-order valence-electron chi connectivity index (χ0n) is 18.3. The van der Waals surface area contributed by atoms with Crippen molar-refractivity contribution in [2.24, 2.45) is 0 Å². The molecule has 31 heavy (non-hydrogen) atoms. The maximum Gasteiger partial charge on any atom is 0.251 e. The van der Waals surface area contributed by atoms with Crippen LogP contribution in [-0.2, 0) is 11.3 Å². The van der Waals surface area contributed by atoms with Crippen molar-refractivity contribution in [2.75, 3.05) is 33.9 Å². The van der Waals surface area contributed by atoms with Crippen LogP contribution in [0.5, 0.6) is 11.5 Å². The first-order valence-electron chi connectivity index (χ1n) is 10.9. The number of methoxy groups -OCH3 is 2. The summed E-state index contributed by atoms with van der Waals surface area (Å²) in [6.45, 7) is 3.43. The predicted molar refractivity (Wildman–Crippen MR) is 117 cm³/mol. The summed E-state index contributed by atoms with van der Waals surface area (Å²) in [5.41, 5.74) is 1.59. The molecule has 2 aliphatic heterocycles. The summed E-state index contributed by atoms with van der Waals surface area (Å²) >= 11 is 0. The maximum atomic E-state index is 12.6. The molecule has 7 heteroatoms. The van der Waals surface area contributed by atoms with Gasteiger partial charge >= 0.3 is 0 Å². The van der Waals surface area contributed by atoms with Gasteiger partial charge in [0.1, 0.15) is 11.5 Å². The van der Waals surface area contributed by atoms with E-state index in [-0.39, 0.29) is 17.6 Å². The van der Waals surface area contributed by atoms with E-state index in [0.717, 1.165) is 51.0 Å². The van der Waals surface area contributed by atoms with Gasteiger partial charge in [-0.3, -0.25) is 14.7 Å². The number of piperidine rings is 1. The number of hydrogen-bond acceptors (Lipinski definition) is 6. The van der Waals surface area contributed by atoms with Crippen molar-refractivity contribution >= 4 is 5.91 Å². The summed E-state index contributed by atoms with van der Waals surface area (Å²) in [7, 11) is 3.15. The molecule has 1 aromatic carbocycles. The van der Waals surface area contributed by atoms with Crippen molar-refractivity contribution in [2.45, 2.75) is 43.9 Å². The van der Waals surface area contributed by atoms with Crippen molar-refractivity contribution in [3.05, 3.63) is 53.9 Å². The molecule has 1 N–H and O–H groups in total. The Kier molecular flexibility index (Phi) is 6.73. The minimum absolute atomic E-state index is 0.0464. The molecular weight excluding hydrogens is 394 g/mol. The molecule has 0 bridgehead atoms. The Morgan fingerprint density at radius 1 is 1.16 bits per heavy atom. The second kappa shape index (κ2) is 9.66. The third-order valence-corrected chi connectivity index (χ3v) is 6.32. The van der Waals surface area contributed by atoms with Gasteiger partial charge in [0.15, 0.2) is 0 Å². The number of nitrogens with one attached hydrogen (secondary N) is 1. The highest BCUT2D eigenvalue weighted by Gasteiger charge is 2.42. The molecule has 1 spiro atoms. The van der Waals surface area contributed by atoms with E-state index < -0.39 is 0 Å². The van der Waals surface area contributed by atoms with Crippen LogP contribution in [0.25, 0.3) is 0 Å². The average molecular weight is 426 g/mol. The van der Waals surface area contributed by atoms with Gasteiger partial charge in [-0.15, -0.1) is 0 Å². The highest BCUT2D eigenvalue weighted by Crippen LogP contribution is 2.39. The lowest BCUT2D eigenvalue weighted by Crippen LogP contribution is -2.45. The summed E-state index contributed by atoms with van der Waals surface area (Å²) in [6.07, 6.45) is 5.98. The van der Waals surface area contributed by atoms with Crippen LogP contribution in [-0.4, -0.2) is 61.3 Å². The fraction of sp³-hybridized carbons (Fsp3) is 0.500. The zero-order chi connectivity index (χ0) is 21.7.